The van der Waals surface area contributed by atoms with Crippen molar-refractivity contribution in [2.45, 2.75) is 44.2 Å². The molecule has 0 spiro atoms. The molecule has 1 aliphatic carbocycles. The van der Waals surface area contributed by atoms with E-state index in [1.54, 1.807) is 6.07 Å². The number of rotatable bonds is 5. The maximum absolute atomic E-state index is 13.8. The minimum absolute atomic E-state index is 0.147. The van der Waals surface area contributed by atoms with Gasteiger partial charge in [0.2, 0.25) is 0 Å². The van der Waals surface area contributed by atoms with E-state index in [1.807, 2.05) is 24.3 Å². The van der Waals surface area contributed by atoms with Gasteiger partial charge in [0.05, 0.1) is 16.8 Å². The number of thiocarbonyl (C=S) groups is 1. The van der Waals surface area contributed by atoms with Gasteiger partial charge < -0.3 is 10.0 Å². The summed E-state index contributed by atoms with van der Waals surface area (Å²) >= 11 is 5.50. The number of hydrogen-bond donors (Lipinski definition) is 1. The van der Waals surface area contributed by atoms with Gasteiger partial charge in [0.25, 0.3) is 0 Å². The second-order valence-electron chi connectivity index (χ2n) is 8.77. The standard InChI is InChI=1S/C26H25F3N2O2S/c1-31(15-23(32)33)25(34)20-14-22(30-24-19(20)8-5-9-21(24)26(27,28)29)18-12-10-17(11-13-18)16-6-3-2-4-7-16/h5,8-14,16H,2-4,6-7,15H2,1H3,(H,32,33). The first-order chi connectivity index (χ1) is 16.1. The minimum Gasteiger partial charge on any atom is -0.480 e. The lowest BCUT2D eigenvalue weighted by atomic mass is 9.84. The fraction of sp³-hybridized carbons (Fsp3) is 0.346. The van der Waals surface area contributed by atoms with Crippen LogP contribution in [0.1, 0.15) is 54.7 Å². The number of nitrogens with zero attached hydrogens (tertiary/aromatic N) is 2. The molecule has 0 radical (unpaired) electrons. The van der Waals surface area contributed by atoms with Crippen molar-refractivity contribution in [2.75, 3.05) is 13.6 Å². The van der Waals surface area contributed by atoms with Crippen LogP contribution in [-0.2, 0) is 11.0 Å². The molecule has 178 valence electrons. The highest BCUT2D eigenvalue weighted by Gasteiger charge is 2.34. The Morgan fingerprint density at radius 3 is 2.41 bits per heavy atom. The number of likely N-dealkylation sites (N-methyl/N-ethyl adjacent to an activating group) is 1. The van der Waals surface area contributed by atoms with Gasteiger partial charge in [-0.1, -0.05) is 67.9 Å². The number of aromatic nitrogens is 1. The lowest BCUT2D eigenvalue weighted by molar-refractivity contribution is -0.137. The molecule has 3 aromatic rings. The van der Waals surface area contributed by atoms with E-state index in [4.69, 9.17) is 17.3 Å². The minimum atomic E-state index is -4.60. The molecule has 0 bridgehead atoms. The van der Waals surface area contributed by atoms with Crippen LogP contribution in [0.2, 0.25) is 0 Å². The molecular formula is C26H25F3N2O2S. The third-order valence-corrected chi connectivity index (χ3v) is 6.91. The van der Waals surface area contributed by atoms with E-state index in [1.165, 1.54) is 48.9 Å². The van der Waals surface area contributed by atoms with Gasteiger partial charge in [0, 0.05) is 23.6 Å². The molecule has 8 heteroatoms. The summed E-state index contributed by atoms with van der Waals surface area (Å²) in [6.45, 7) is -0.368. The van der Waals surface area contributed by atoms with E-state index in [0.717, 1.165) is 18.9 Å². The van der Waals surface area contributed by atoms with E-state index in [-0.39, 0.29) is 22.4 Å². The first-order valence-corrected chi connectivity index (χ1v) is 11.6. The Labute approximate surface area is 201 Å². The van der Waals surface area contributed by atoms with Crippen LogP contribution in [0.3, 0.4) is 0 Å². The maximum Gasteiger partial charge on any atom is 0.418 e. The normalized spacial score (nSPS) is 14.8. The van der Waals surface area contributed by atoms with Crippen LogP contribution in [0, 0.1) is 0 Å². The van der Waals surface area contributed by atoms with Crippen molar-refractivity contribution in [1.82, 2.24) is 9.88 Å². The number of carboxylic acid groups (broad SMARTS) is 1. The van der Waals surface area contributed by atoms with Crippen molar-refractivity contribution < 1.29 is 23.1 Å². The summed E-state index contributed by atoms with van der Waals surface area (Å²) in [6, 6.07) is 13.3. The summed E-state index contributed by atoms with van der Waals surface area (Å²) < 4.78 is 41.4. The van der Waals surface area contributed by atoms with Crippen molar-refractivity contribution in [3.63, 3.8) is 0 Å². The number of carboxylic acids is 1. The lowest BCUT2D eigenvalue weighted by Gasteiger charge is -2.22. The van der Waals surface area contributed by atoms with Crippen molar-refractivity contribution in [1.29, 1.82) is 0 Å². The predicted octanol–water partition coefficient (Wildman–Crippen LogP) is 6.66. The number of para-hydroxylation sites is 1. The fourth-order valence-electron chi connectivity index (χ4n) is 4.64. The average molecular weight is 487 g/mol. The van der Waals surface area contributed by atoms with Crippen molar-refractivity contribution in [3.05, 3.63) is 65.2 Å². The summed E-state index contributed by atoms with van der Waals surface area (Å²) in [5.41, 5.74) is 1.57. The number of carbonyl (C=O) groups is 1. The van der Waals surface area contributed by atoms with Gasteiger partial charge in [-0.25, -0.2) is 4.98 Å². The Hall–Kier alpha value is -3.00. The molecule has 2 aromatic carbocycles. The second-order valence-corrected chi connectivity index (χ2v) is 9.15. The molecule has 0 saturated heterocycles. The molecule has 1 aromatic heterocycles. The zero-order chi connectivity index (χ0) is 24.5. The Morgan fingerprint density at radius 2 is 1.79 bits per heavy atom. The largest absolute Gasteiger partial charge is 0.480 e. The van der Waals surface area contributed by atoms with Gasteiger partial charge in [0.1, 0.15) is 11.5 Å². The van der Waals surface area contributed by atoms with Crippen molar-refractivity contribution in [2.24, 2.45) is 0 Å². The third-order valence-electron chi connectivity index (χ3n) is 6.38. The van der Waals surface area contributed by atoms with Crippen LogP contribution in [0.15, 0.2) is 48.5 Å². The van der Waals surface area contributed by atoms with Gasteiger partial charge in [-0.3, -0.25) is 4.79 Å². The summed E-state index contributed by atoms with van der Waals surface area (Å²) in [7, 11) is 1.51. The Bertz CT molecular complexity index is 1220. The number of fused-ring (bicyclic) bond motifs is 1. The van der Waals surface area contributed by atoms with Crippen LogP contribution in [-0.4, -0.2) is 39.5 Å². The molecule has 1 aliphatic rings. The van der Waals surface area contributed by atoms with E-state index in [9.17, 15) is 18.0 Å². The number of halogens is 3. The summed E-state index contributed by atoms with van der Waals surface area (Å²) in [6.07, 6.45) is 1.39. The Balaban J connectivity index is 1.83. The van der Waals surface area contributed by atoms with Crippen molar-refractivity contribution in [3.8, 4) is 11.3 Å². The van der Waals surface area contributed by atoms with E-state index >= 15 is 0 Å². The molecule has 4 nitrogen and oxygen atoms in total. The smallest absolute Gasteiger partial charge is 0.418 e. The number of benzene rings is 2. The van der Waals surface area contributed by atoms with Crippen LogP contribution in [0.25, 0.3) is 22.2 Å². The fourth-order valence-corrected chi connectivity index (χ4v) is 4.88. The zero-order valence-corrected chi connectivity index (χ0v) is 19.5. The summed E-state index contributed by atoms with van der Waals surface area (Å²) in [5.74, 6) is -0.574. The lowest BCUT2D eigenvalue weighted by Crippen LogP contribution is -2.31. The molecular weight excluding hydrogens is 461 g/mol. The first-order valence-electron chi connectivity index (χ1n) is 11.2. The molecule has 1 heterocycles. The number of alkyl halides is 3. The average Bonchev–Trinajstić information content (AvgIpc) is 2.82. The topological polar surface area (TPSA) is 53.4 Å². The van der Waals surface area contributed by atoms with Gasteiger partial charge in [-0.2, -0.15) is 13.2 Å². The molecule has 0 atom stereocenters. The van der Waals surface area contributed by atoms with Crippen LogP contribution in [0.5, 0.6) is 0 Å². The molecule has 0 unspecified atom stereocenters. The molecule has 0 aliphatic heterocycles. The molecule has 4 rings (SSSR count). The number of pyridine rings is 1. The van der Waals surface area contributed by atoms with Crippen LogP contribution in [0.4, 0.5) is 13.2 Å². The van der Waals surface area contributed by atoms with E-state index < -0.39 is 17.7 Å². The van der Waals surface area contributed by atoms with Gasteiger partial charge >= 0.3 is 12.1 Å². The highest BCUT2D eigenvalue weighted by Crippen LogP contribution is 2.37. The van der Waals surface area contributed by atoms with Gasteiger partial charge in [-0.15, -0.1) is 0 Å². The second kappa shape index (κ2) is 9.70. The SMILES string of the molecule is CN(CC(=O)O)C(=S)c1cc(-c2ccc(C3CCCCC3)cc2)nc2c(C(F)(F)F)cccc12. The zero-order valence-electron chi connectivity index (χ0n) is 18.7. The maximum atomic E-state index is 13.8. The summed E-state index contributed by atoms with van der Waals surface area (Å²) in [4.78, 5) is 17.1. The molecule has 1 N–H and O–H groups in total. The highest BCUT2D eigenvalue weighted by molar-refractivity contribution is 7.80. The number of hydrogen-bond acceptors (Lipinski definition) is 3. The molecule has 34 heavy (non-hydrogen) atoms. The van der Waals surface area contributed by atoms with Crippen molar-refractivity contribution >= 4 is 34.1 Å². The molecule has 1 fully saturated rings. The molecule has 0 amide bonds. The van der Waals surface area contributed by atoms with Crippen LogP contribution >= 0.6 is 12.2 Å². The quantitative estimate of drug-likeness (QED) is 0.409. The molecule has 1 saturated carbocycles. The monoisotopic (exact) mass is 486 g/mol. The highest BCUT2D eigenvalue weighted by atomic mass is 32.1. The Kier molecular flexibility index (Phi) is 6.89. The predicted molar refractivity (Wildman–Crippen MR) is 130 cm³/mol. The summed E-state index contributed by atoms with van der Waals surface area (Å²) in [5, 5.41) is 9.38. The van der Waals surface area contributed by atoms with E-state index in [0.29, 0.717) is 22.7 Å². The first kappa shape index (κ1) is 24.1. The Morgan fingerprint density at radius 1 is 1.12 bits per heavy atom. The number of aliphatic carboxylic acids is 1. The van der Waals surface area contributed by atoms with Gasteiger partial charge in [-0.05, 0) is 36.5 Å². The van der Waals surface area contributed by atoms with Crippen LogP contribution < -0.4 is 0 Å². The third kappa shape index (κ3) is 5.06. The van der Waals surface area contributed by atoms with Gasteiger partial charge in [0.15, 0.2) is 0 Å². The van der Waals surface area contributed by atoms with E-state index in [2.05, 4.69) is 4.98 Å².